The lowest BCUT2D eigenvalue weighted by Gasteiger charge is -2.06. The summed E-state index contributed by atoms with van der Waals surface area (Å²) in [6.45, 7) is 1.52. The van der Waals surface area contributed by atoms with Gasteiger partial charge in [0.2, 0.25) is 0 Å². The Morgan fingerprint density at radius 1 is 0.931 bits per heavy atom. The maximum Gasteiger partial charge on any atom is 0.265 e. The van der Waals surface area contributed by atoms with Crippen molar-refractivity contribution >= 4 is 50.3 Å². The van der Waals surface area contributed by atoms with E-state index in [1.54, 1.807) is 12.1 Å². The van der Waals surface area contributed by atoms with Crippen molar-refractivity contribution in [3.63, 3.8) is 0 Å². The van der Waals surface area contributed by atoms with Crippen LogP contribution in [0.5, 0.6) is 0 Å². The lowest BCUT2D eigenvalue weighted by molar-refractivity contribution is 0.103. The first kappa shape index (κ1) is 19.5. The Bertz CT molecular complexity index is 1150. The van der Waals surface area contributed by atoms with E-state index < -0.39 is 0 Å². The van der Waals surface area contributed by atoms with E-state index in [-0.39, 0.29) is 5.91 Å². The predicted molar refractivity (Wildman–Crippen MR) is 123 cm³/mol. The topological polar surface area (TPSA) is 67.1 Å². The van der Waals surface area contributed by atoms with Crippen LogP contribution in [0.25, 0.3) is 10.1 Å². The minimum absolute atomic E-state index is 0.147. The zero-order valence-corrected chi connectivity index (χ0v) is 17.2. The number of nitrogens with one attached hydrogen (secondary N) is 2. The lowest BCUT2D eigenvalue weighted by Crippen LogP contribution is -2.12. The van der Waals surface area contributed by atoms with Gasteiger partial charge in [-0.15, -0.1) is 11.3 Å². The Morgan fingerprint density at radius 2 is 1.66 bits per heavy atom. The Hall–Kier alpha value is -2.86. The average molecular weight is 422 g/mol. The van der Waals surface area contributed by atoms with Gasteiger partial charge in [0, 0.05) is 22.8 Å². The smallest absolute Gasteiger partial charge is 0.265 e. The van der Waals surface area contributed by atoms with Gasteiger partial charge >= 0.3 is 0 Å². The van der Waals surface area contributed by atoms with Crippen molar-refractivity contribution in [2.75, 3.05) is 11.1 Å². The molecule has 3 aromatic carbocycles. The minimum Gasteiger partial charge on any atom is -0.397 e. The van der Waals surface area contributed by atoms with Gasteiger partial charge in [0.1, 0.15) is 0 Å². The number of amides is 1. The standard InChI is InChI=1S/C23H20ClN3OS/c24-18-9-6-15(7-10-18)13-26-14-16-5-8-17-12-22(29-21(17)11-16)23(28)27-20-4-2-1-3-19(20)25/h1-12,26H,13-14,25H2,(H,27,28). The quantitative estimate of drug-likeness (QED) is 0.351. The molecule has 1 heterocycles. The number of fused-ring (bicyclic) bond motifs is 1. The highest BCUT2D eigenvalue weighted by Gasteiger charge is 2.12. The van der Waals surface area contributed by atoms with E-state index >= 15 is 0 Å². The van der Waals surface area contributed by atoms with Crippen LogP contribution in [0.2, 0.25) is 5.02 Å². The van der Waals surface area contributed by atoms with Crippen molar-refractivity contribution in [2.45, 2.75) is 13.1 Å². The summed E-state index contributed by atoms with van der Waals surface area (Å²) in [5.74, 6) is -0.147. The van der Waals surface area contributed by atoms with Gasteiger partial charge in [-0.3, -0.25) is 4.79 Å². The normalized spacial score (nSPS) is 10.9. The number of rotatable bonds is 6. The molecule has 0 atom stereocenters. The molecule has 1 aromatic heterocycles. The molecular formula is C23H20ClN3OS. The number of halogens is 1. The fraction of sp³-hybridized carbons (Fsp3) is 0.0870. The van der Waals surface area contributed by atoms with Crippen LogP contribution in [-0.4, -0.2) is 5.91 Å². The van der Waals surface area contributed by atoms with Gasteiger partial charge in [0.15, 0.2) is 0 Å². The molecule has 0 saturated carbocycles. The second-order valence-corrected chi connectivity index (χ2v) is 8.27. The van der Waals surface area contributed by atoms with Gasteiger partial charge in [0.25, 0.3) is 5.91 Å². The monoisotopic (exact) mass is 421 g/mol. The first-order valence-corrected chi connectivity index (χ1v) is 10.4. The highest BCUT2D eigenvalue weighted by molar-refractivity contribution is 7.20. The molecule has 0 radical (unpaired) electrons. The summed E-state index contributed by atoms with van der Waals surface area (Å²) in [6.07, 6.45) is 0. The van der Waals surface area contributed by atoms with Gasteiger partial charge < -0.3 is 16.4 Å². The summed E-state index contributed by atoms with van der Waals surface area (Å²) in [7, 11) is 0. The zero-order chi connectivity index (χ0) is 20.2. The number of para-hydroxylation sites is 2. The molecular weight excluding hydrogens is 402 g/mol. The Balaban J connectivity index is 1.42. The molecule has 0 aliphatic rings. The number of hydrogen-bond acceptors (Lipinski definition) is 4. The molecule has 4 rings (SSSR count). The van der Waals surface area contributed by atoms with Gasteiger partial charge in [-0.2, -0.15) is 0 Å². The molecule has 4 aromatic rings. The molecule has 0 aliphatic heterocycles. The highest BCUT2D eigenvalue weighted by Crippen LogP contribution is 2.28. The molecule has 29 heavy (non-hydrogen) atoms. The Labute approximate surface area is 178 Å². The third kappa shape index (κ3) is 4.77. The number of thiophene rings is 1. The van der Waals surface area contributed by atoms with Crippen LogP contribution < -0.4 is 16.4 Å². The molecule has 0 saturated heterocycles. The van der Waals surface area contributed by atoms with E-state index in [0.29, 0.717) is 16.3 Å². The van der Waals surface area contributed by atoms with Crippen LogP contribution >= 0.6 is 22.9 Å². The van der Waals surface area contributed by atoms with Crippen molar-refractivity contribution in [1.29, 1.82) is 0 Å². The lowest BCUT2D eigenvalue weighted by atomic mass is 10.1. The third-order valence-electron chi connectivity index (χ3n) is 4.59. The van der Waals surface area contributed by atoms with Crippen LogP contribution in [0.1, 0.15) is 20.8 Å². The highest BCUT2D eigenvalue weighted by atomic mass is 35.5. The summed E-state index contributed by atoms with van der Waals surface area (Å²) >= 11 is 7.40. The number of benzene rings is 3. The van der Waals surface area contributed by atoms with Crippen molar-refractivity contribution in [3.05, 3.63) is 93.8 Å². The first-order valence-electron chi connectivity index (χ1n) is 9.22. The van der Waals surface area contributed by atoms with Crippen LogP contribution in [-0.2, 0) is 13.1 Å². The number of nitrogens with two attached hydrogens (primary N) is 1. The van der Waals surface area contributed by atoms with Gasteiger partial charge in [-0.05, 0) is 52.9 Å². The molecule has 146 valence electrons. The fourth-order valence-electron chi connectivity index (χ4n) is 3.05. The summed E-state index contributed by atoms with van der Waals surface area (Å²) < 4.78 is 1.09. The summed E-state index contributed by atoms with van der Waals surface area (Å²) in [5, 5.41) is 8.12. The number of carbonyl (C=O) groups is 1. The second kappa shape index (κ2) is 8.66. The van der Waals surface area contributed by atoms with Crippen LogP contribution in [0.15, 0.2) is 72.8 Å². The van der Waals surface area contributed by atoms with Crippen molar-refractivity contribution in [1.82, 2.24) is 5.32 Å². The Kier molecular flexibility index (Phi) is 5.81. The number of anilines is 2. The van der Waals surface area contributed by atoms with E-state index in [2.05, 4.69) is 28.8 Å². The van der Waals surface area contributed by atoms with Crippen molar-refractivity contribution in [3.8, 4) is 0 Å². The number of carbonyl (C=O) groups excluding carboxylic acids is 1. The molecule has 4 nitrogen and oxygen atoms in total. The van der Waals surface area contributed by atoms with Gasteiger partial charge in [0.05, 0.1) is 16.3 Å². The van der Waals surface area contributed by atoms with Crippen LogP contribution in [0.4, 0.5) is 11.4 Å². The molecule has 4 N–H and O–H groups in total. The van der Waals surface area contributed by atoms with Gasteiger partial charge in [-0.1, -0.05) is 48.0 Å². The molecule has 6 heteroatoms. The zero-order valence-electron chi connectivity index (χ0n) is 15.6. The summed E-state index contributed by atoms with van der Waals surface area (Å²) in [4.78, 5) is 13.3. The maximum atomic E-state index is 12.6. The summed E-state index contributed by atoms with van der Waals surface area (Å²) in [6, 6.07) is 23.3. The Morgan fingerprint density at radius 3 is 2.45 bits per heavy atom. The van der Waals surface area contributed by atoms with Gasteiger partial charge in [-0.25, -0.2) is 0 Å². The molecule has 0 fully saturated rings. The number of nitrogen functional groups attached to an aromatic ring is 1. The van der Waals surface area contributed by atoms with Crippen molar-refractivity contribution in [2.24, 2.45) is 0 Å². The SMILES string of the molecule is Nc1ccccc1NC(=O)c1cc2ccc(CNCc3ccc(Cl)cc3)cc2s1. The molecule has 0 unspecified atom stereocenters. The molecule has 0 bridgehead atoms. The second-order valence-electron chi connectivity index (χ2n) is 6.75. The molecule has 0 spiro atoms. The average Bonchev–Trinajstić information content (AvgIpc) is 3.15. The van der Waals surface area contributed by atoms with E-state index in [9.17, 15) is 4.79 Å². The van der Waals surface area contributed by atoms with E-state index in [0.717, 1.165) is 28.2 Å². The minimum atomic E-state index is -0.147. The van der Waals surface area contributed by atoms with Crippen LogP contribution in [0.3, 0.4) is 0 Å². The van der Waals surface area contributed by atoms with E-state index in [1.807, 2.05) is 42.5 Å². The van der Waals surface area contributed by atoms with E-state index in [4.69, 9.17) is 17.3 Å². The largest absolute Gasteiger partial charge is 0.397 e. The van der Waals surface area contributed by atoms with Crippen molar-refractivity contribution < 1.29 is 4.79 Å². The predicted octanol–water partition coefficient (Wildman–Crippen LogP) is 5.68. The fourth-order valence-corrected chi connectivity index (χ4v) is 4.19. The van der Waals surface area contributed by atoms with E-state index in [1.165, 1.54) is 22.5 Å². The maximum absolute atomic E-state index is 12.6. The first-order chi connectivity index (χ1) is 14.1. The number of hydrogen-bond donors (Lipinski definition) is 3. The summed E-state index contributed by atoms with van der Waals surface area (Å²) in [5.41, 5.74) is 9.45. The third-order valence-corrected chi connectivity index (χ3v) is 5.94. The molecule has 0 aliphatic carbocycles. The van der Waals surface area contributed by atoms with Crippen LogP contribution in [0, 0.1) is 0 Å². The molecule has 1 amide bonds.